The highest BCUT2D eigenvalue weighted by Gasteiger charge is 2.14. The molecule has 6 aromatic rings. The van der Waals surface area contributed by atoms with Crippen molar-refractivity contribution in [3.05, 3.63) is 142 Å². The Morgan fingerprint density at radius 1 is 0.438 bits per heavy atom. The van der Waals surface area contributed by atoms with Gasteiger partial charge in [0.15, 0.2) is 0 Å². The highest BCUT2D eigenvalue weighted by molar-refractivity contribution is 5.34. The highest BCUT2D eigenvalue weighted by atomic mass is 15.4. The molecule has 0 radical (unpaired) electrons. The lowest BCUT2D eigenvalue weighted by Crippen LogP contribution is -2.02. The van der Waals surface area contributed by atoms with Crippen LogP contribution >= 0.6 is 0 Å². The molecule has 0 spiro atoms. The first-order chi connectivity index (χ1) is 37.1. The summed E-state index contributed by atoms with van der Waals surface area (Å²) in [5.74, 6) is 7.40. The Labute approximate surface area is 492 Å². The van der Waals surface area contributed by atoms with Crippen molar-refractivity contribution < 1.29 is 0 Å². The minimum Gasteiger partial charge on any atom is -0.365 e. The molecular weight excluding hydrogens is 983 g/mol. The molecule has 0 saturated heterocycles. The van der Waals surface area contributed by atoms with Crippen molar-refractivity contribution in [3.63, 3.8) is 0 Å². The summed E-state index contributed by atoms with van der Waals surface area (Å²) >= 11 is 0. The molecule has 0 unspecified atom stereocenters. The average molecular weight is 1110 g/mol. The fourth-order valence-corrected chi connectivity index (χ4v) is 6.71. The number of nitrogens with zero attached hydrogens (tertiary/aromatic N) is 8. The van der Waals surface area contributed by atoms with E-state index >= 15 is 0 Å². The molecule has 1 aromatic carbocycles. The molecular formula is C69H123N11. The Bertz CT molecular complexity index is 2200. The Morgan fingerprint density at radius 3 is 1.18 bits per heavy atom. The third-order valence-corrected chi connectivity index (χ3v) is 12.0. The van der Waals surface area contributed by atoms with Crippen molar-refractivity contribution in [3.8, 4) is 0 Å². The molecule has 454 valence electrons. The van der Waals surface area contributed by atoms with Crippen LogP contribution in [0, 0.1) is 23.7 Å². The predicted molar refractivity (Wildman–Crippen MR) is 349 cm³/mol. The Kier molecular flexibility index (Phi) is 39.9. The molecule has 0 aliphatic heterocycles. The maximum atomic E-state index is 4.43. The highest BCUT2D eigenvalue weighted by Crippen LogP contribution is 2.28. The molecule has 80 heavy (non-hydrogen) atoms. The van der Waals surface area contributed by atoms with Crippen LogP contribution in [0.3, 0.4) is 0 Å². The van der Waals surface area contributed by atoms with Gasteiger partial charge in [-0.25, -0.2) is 4.68 Å². The molecule has 7 rings (SSSR count). The van der Waals surface area contributed by atoms with E-state index in [2.05, 4.69) is 308 Å². The van der Waals surface area contributed by atoms with Gasteiger partial charge in [0.2, 0.25) is 0 Å². The molecule has 0 fully saturated rings. The number of allylic oxidation sites excluding steroid dienone is 4. The topological polar surface area (TPSA) is 135 Å². The van der Waals surface area contributed by atoms with Crippen LogP contribution in [0.2, 0.25) is 0 Å². The van der Waals surface area contributed by atoms with Crippen molar-refractivity contribution in [2.24, 2.45) is 23.7 Å². The Hall–Kier alpha value is -5.32. The van der Waals surface area contributed by atoms with Gasteiger partial charge >= 0.3 is 0 Å². The van der Waals surface area contributed by atoms with Crippen LogP contribution in [0.4, 0.5) is 0 Å². The molecule has 0 atom stereocenters. The van der Waals surface area contributed by atoms with Gasteiger partial charge in [0.25, 0.3) is 0 Å². The summed E-state index contributed by atoms with van der Waals surface area (Å²) in [5, 5.41) is 30.6. The van der Waals surface area contributed by atoms with Gasteiger partial charge in [-0.05, 0) is 141 Å². The zero-order valence-corrected chi connectivity index (χ0v) is 57.0. The largest absolute Gasteiger partial charge is 0.365 e. The zero-order valence-electron chi connectivity index (χ0n) is 57.0. The normalized spacial score (nSPS) is 11.8. The van der Waals surface area contributed by atoms with Crippen molar-refractivity contribution in [2.45, 2.75) is 274 Å². The zero-order chi connectivity index (χ0) is 62.0. The third kappa shape index (κ3) is 34.7. The molecule has 11 heteroatoms. The van der Waals surface area contributed by atoms with Gasteiger partial charge in [-0.1, -0.05) is 233 Å². The maximum Gasteiger partial charge on any atom is 0.0884 e. The lowest BCUT2D eigenvalue weighted by atomic mass is 10.0. The van der Waals surface area contributed by atoms with Gasteiger partial charge in [-0.3, -0.25) is 9.78 Å². The minimum absolute atomic E-state index is 0.412. The molecule has 1 aliphatic rings. The average Bonchev–Trinajstić information content (AvgIpc) is 4.23. The number of hydrogen-bond acceptors (Lipinski definition) is 6. The molecule has 5 heterocycles. The molecule has 0 saturated carbocycles. The van der Waals surface area contributed by atoms with Crippen LogP contribution in [-0.2, 0) is 0 Å². The van der Waals surface area contributed by atoms with E-state index in [4.69, 9.17) is 0 Å². The Balaban J connectivity index is 0. The lowest BCUT2D eigenvalue weighted by Gasteiger charge is -2.04. The van der Waals surface area contributed by atoms with E-state index in [9.17, 15) is 0 Å². The Morgan fingerprint density at radius 2 is 0.925 bits per heavy atom. The second kappa shape index (κ2) is 41.6. The van der Waals surface area contributed by atoms with Crippen molar-refractivity contribution >= 4 is 0 Å². The number of aromatic amines is 3. The number of nitrogens with one attached hydrogen (secondary N) is 3. The summed E-state index contributed by atoms with van der Waals surface area (Å²) in [4.78, 5) is 3.14. The molecule has 5 aromatic heterocycles. The fourth-order valence-electron chi connectivity index (χ4n) is 6.71. The van der Waals surface area contributed by atoms with E-state index in [0.29, 0.717) is 65.3 Å². The maximum absolute atomic E-state index is 4.43. The van der Waals surface area contributed by atoms with E-state index in [1.807, 2.05) is 40.1 Å². The number of benzene rings is 1. The summed E-state index contributed by atoms with van der Waals surface area (Å²) in [6.45, 7) is 65.0. The molecule has 11 nitrogen and oxygen atoms in total. The van der Waals surface area contributed by atoms with Crippen LogP contribution in [0.25, 0.3) is 0 Å². The van der Waals surface area contributed by atoms with E-state index < -0.39 is 0 Å². The number of H-pyrrole nitrogens is 3. The molecule has 3 N–H and O–H groups in total. The van der Waals surface area contributed by atoms with E-state index in [1.165, 1.54) is 34.6 Å². The second-order valence-electron chi connectivity index (χ2n) is 26.0. The van der Waals surface area contributed by atoms with Gasteiger partial charge in [-0.15, -0.1) is 5.10 Å². The van der Waals surface area contributed by atoms with Crippen molar-refractivity contribution in [1.82, 2.24) is 55.4 Å². The number of hydrogen-bond donors (Lipinski definition) is 3. The first-order valence-electron chi connectivity index (χ1n) is 30.6. The quantitative estimate of drug-likeness (QED) is 0.112. The van der Waals surface area contributed by atoms with E-state index in [-0.39, 0.29) is 0 Å². The van der Waals surface area contributed by atoms with Gasteiger partial charge in [-0.2, -0.15) is 25.6 Å². The molecule has 0 bridgehead atoms. The van der Waals surface area contributed by atoms with Crippen LogP contribution in [0.5, 0.6) is 0 Å². The fraction of sp³-hybridized carbons (Fsp3) is 0.652. The number of aromatic nitrogens is 11. The van der Waals surface area contributed by atoms with Gasteiger partial charge < -0.3 is 4.98 Å². The van der Waals surface area contributed by atoms with Crippen LogP contribution in [0.15, 0.2) is 96.5 Å². The monoisotopic (exact) mass is 1110 g/mol. The van der Waals surface area contributed by atoms with Crippen molar-refractivity contribution in [1.29, 1.82) is 0 Å². The SMILES string of the molecule is CC(C)C.CC(C)C.CC(C)C1=CCC(C(C)C)=C1.CC(C)c1cc(C(C)C)[nH]n1.CC(C)c1ccc[nH]1.CC(C)c1ccccc1.CC(C)c1ccn(C(C)C)n1.CC(C)c1cn(C(C)C)nn1.CC(C)c1n[nH]nc1C(C)C. The second-order valence-corrected chi connectivity index (χ2v) is 26.0. The molecule has 1 aliphatic carbocycles. The standard InChI is InChI=1S/C11H18.2C9H16N2.C9H12.2C8H15N3.C7H11N.2C4H10/c1-8(2)10-5-6-11(7-10)9(3)4;1-7(2)9-5-6-11(10-9)8(3)4;1-6(2)8-5-9(7(3)4)11-10-8;1-8(2)9-6-4-3-5-7-9;1-6(2)8-5-11(7(3)4)10-9-8;1-5(2)7-8(6(3)4)10-11-9-7;1-6(2)7-4-3-5-8-7;2*1-4(2)3/h5,7-9H,6H2,1-4H3;5-8H,1-4H3;5-7H,1-4H3,(H,10,11);3-8H,1-2H3;5-7H,1-4H3;5-6H,1-4H3,(H,9,10,11);3-6,8H,1-2H3;2*4H,1-3H3. The van der Waals surface area contributed by atoms with Gasteiger partial charge in [0.05, 0.1) is 28.5 Å². The van der Waals surface area contributed by atoms with Crippen LogP contribution < -0.4 is 0 Å². The van der Waals surface area contributed by atoms with E-state index in [1.54, 1.807) is 5.57 Å². The van der Waals surface area contributed by atoms with E-state index in [0.717, 1.165) is 40.5 Å². The third-order valence-electron chi connectivity index (χ3n) is 12.0. The minimum atomic E-state index is 0.412. The summed E-state index contributed by atoms with van der Waals surface area (Å²) in [6.07, 6.45) is 11.9. The van der Waals surface area contributed by atoms with Gasteiger partial charge in [0.1, 0.15) is 0 Å². The molecule has 0 amide bonds. The first kappa shape index (κ1) is 76.7. The van der Waals surface area contributed by atoms with Crippen LogP contribution in [0.1, 0.15) is 319 Å². The first-order valence-corrected chi connectivity index (χ1v) is 30.6. The smallest absolute Gasteiger partial charge is 0.0884 e. The summed E-state index contributed by atoms with van der Waals surface area (Å²) < 4.78 is 3.88. The van der Waals surface area contributed by atoms with Crippen molar-refractivity contribution in [2.75, 3.05) is 0 Å². The number of rotatable bonds is 12. The summed E-state index contributed by atoms with van der Waals surface area (Å²) in [7, 11) is 0. The van der Waals surface area contributed by atoms with Gasteiger partial charge in [0, 0.05) is 42.1 Å². The lowest BCUT2D eigenvalue weighted by molar-refractivity contribution is 0.514. The summed E-state index contributed by atoms with van der Waals surface area (Å²) in [5.41, 5.74) is 12.7. The van der Waals surface area contributed by atoms with Crippen LogP contribution in [-0.4, -0.2) is 55.4 Å². The predicted octanol–water partition coefficient (Wildman–Crippen LogP) is 21.1. The summed E-state index contributed by atoms with van der Waals surface area (Å²) in [6, 6.07) is 19.8.